The largest absolute Gasteiger partial charge is 0.354 e. The molecule has 1 aromatic heterocycles. The normalized spacial score (nSPS) is 17.1. The number of hydrogen-bond donors (Lipinski definition) is 1. The average molecular weight is 360 g/mol. The van der Waals surface area contributed by atoms with Crippen LogP contribution in [0.25, 0.3) is 16.5 Å². The van der Waals surface area contributed by atoms with Crippen molar-refractivity contribution in [3.63, 3.8) is 0 Å². The van der Waals surface area contributed by atoms with Gasteiger partial charge >= 0.3 is 0 Å². The lowest BCUT2D eigenvalue weighted by atomic mass is 9.78. The van der Waals surface area contributed by atoms with E-state index in [2.05, 4.69) is 40.6 Å². The Morgan fingerprint density at radius 2 is 1.54 bits per heavy atom. The number of rotatable bonds is 1. The van der Waals surface area contributed by atoms with Gasteiger partial charge in [-0.25, -0.2) is 0 Å². The Balaban J connectivity index is 1.70. The molecule has 0 unspecified atom stereocenters. The van der Waals surface area contributed by atoms with E-state index in [9.17, 15) is 4.79 Å². The SMILES string of the molecule is O=C1C2=C(Nc3ccc4ccccc4c3[C@@H]2c2ccncc2)c2ccccc21. The molecule has 0 saturated carbocycles. The van der Waals surface area contributed by atoms with Crippen LogP contribution in [0.4, 0.5) is 5.69 Å². The first-order valence-electron chi connectivity index (χ1n) is 9.40. The molecule has 3 heteroatoms. The van der Waals surface area contributed by atoms with Crippen LogP contribution < -0.4 is 5.32 Å². The first-order valence-corrected chi connectivity index (χ1v) is 9.40. The Kier molecular flexibility index (Phi) is 3.09. The number of hydrogen-bond acceptors (Lipinski definition) is 3. The molecule has 2 aliphatic rings. The summed E-state index contributed by atoms with van der Waals surface area (Å²) in [6.07, 6.45) is 3.60. The molecule has 0 radical (unpaired) electrons. The molecular formula is C25H16N2O. The molecule has 1 aliphatic carbocycles. The minimum atomic E-state index is -0.125. The first kappa shape index (κ1) is 15.3. The Morgan fingerprint density at radius 3 is 2.39 bits per heavy atom. The smallest absolute Gasteiger partial charge is 0.192 e. The van der Waals surface area contributed by atoms with E-state index in [4.69, 9.17) is 0 Å². The second kappa shape index (κ2) is 5.64. The van der Waals surface area contributed by atoms with Crippen molar-refractivity contribution < 1.29 is 4.79 Å². The molecular weight excluding hydrogens is 344 g/mol. The minimum Gasteiger partial charge on any atom is -0.354 e. The molecule has 0 saturated heterocycles. The van der Waals surface area contributed by atoms with Crippen LogP contribution >= 0.6 is 0 Å². The number of carbonyl (C=O) groups excluding carboxylic acids is 1. The van der Waals surface area contributed by atoms with Crippen LogP contribution in [0.1, 0.15) is 33.0 Å². The summed E-state index contributed by atoms with van der Waals surface area (Å²) in [5.74, 6) is -0.0150. The van der Waals surface area contributed by atoms with E-state index in [1.165, 1.54) is 10.8 Å². The Morgan fingerprint density at radius 1 is 0.786 bits per heavy atom. The fourth-order valence-electron chi connectivity index (χ4n) is 4.60. The predicted molar refractivity (Wildman–Crippen MR) is 111 cm³/mol. The third-order valence-corrected chi connectivity index (χ3v) is 5.80. The quantitative estimate of drug-likeness (QED) is 0.494. The van der Waals surface area contributed by atoms with Gasteiger partial charge in [-0.05, 0) is 40.1 Å². The lowest BCUT2D eigenvalue weighted by Crippen LogP contribution is -2.19. The fourth-order valence-corrected chi connectivity index (χ4v) is 4.60. The number of Topliss-reactive ketones (excluding diaryl/α,β-unsaturated/α-hetero) is 1. The van der Waals surface area contributed by atoms with Gasteiger partial charge in [-0.15, -0.1) is 0 Å². The van der Waals surface area contributed by atoms with Crippen LogP contribution in [-0.4, -0.2) is 10.8 Å². The zero-order chi connectivity index (χ0) is 18.7. The number of nitrogens with one attached hydrogen (secondary N) is 1. The molecule has 0 amide bonds. The molecule has 3 nitrogen and oxygen atoms in total. The molecule has 1 atom stereocenters. The molecule has 1 aliphatic heterocycles. The number of anilines is 1. The Hall–Kier alpha value is -3.72. The molecule has 0 spiro atoms. The molecule has 0 bridgehead atoms. The summed E-state index contributed by atoms with van der Waals surface area (Å²) < 4.78 is 0. The van der Waals surface area contributed by atoms with Crippen LogP contribution in [0.15, 0.2) is 90.8 Å². The highest BCUT2D eigenvalue weighted by molar-refractivity contribution is 6.24. The van der Waals surface area contributed by atoms with E-state index in [0.717, 1.165) is 39.2 Å². The molecule has 28 heavy (non-hydrogen) atoms. The van der Waals surface area contributed by atoms with Gasteiger partial charge in [0.25, 0.3) is 0 Å². The second-order valence-electron chi connectivity index (χ2n) is 7.25. The number of fused-ring (bicyclic) bond motifs is 5. The van der Waals surface area contributed by atoms with E-state index in [-0.39, 0.29) is 11.7 Å². The number of aromatic nitrogens is 1. The summed E-state index contributed by atoms with van der Waals surface area (Å²) >= 11 is 0. The molecule has 6 rings (SSSR count). The van der Waals surface area contributed by atoms with Crippen molar-refractivity contribution in [3.8, 4) is 0 Å². The predicted octanol–water partition coefficient (Wildman–Crippen LogP) is 5.40. The number of allylic oxidation sites excluding steroid dienone is 1. The van der Waals surface area contributed by atoms with E-state index < -0.39 is 0 Å². The Labute approximate surface area is 162 Å². The molecule has 0 fully saturated rings. The van der Waals surface area contributed by atoms with Crippen LogP contribution in [0.5, 0.6) is 0 Å². The fraction of sp³-hybridized carbons (Fsp3) is 0.0400. The van der Waals surface area contributed by atoms with Gasteiger partial charge in [-0.3, -0.25) is 9.78 Å². The van der Waals surface area contributed by atoms with E-state index in [0.29, 0.717) is 0 Å². The maximum atomic E-state index is 13.4. The number of ketones is 1. The lowest BCUT2D eigenvalue weighted by Gasteiger charge is -2.30. The molecule has 2 heterocycles. The number of pyridine rings is 1. The standard InChI is InChI=1S/C25H16N2O/c28-25-19-8-4-3-7-18(19)24-23(25)21(16-11-13-26-14-12-16)22-17-6-2-1-5-15(17)9-10-20(22)27-24/h1-14,21,27H/t21-/m0/s1. The van der Waals surface area contributed by atoms with Gasteiger partial charge in [0.1, 0.15) is 0 Å². The van der Waals surface area contributed by atoms with Gasteiger partial charge in [0, 0.05) is 40.7 Å². The van der Waals surface area contributed by atoms with Crippen molar-refractivity contribution in [2.75, 3.05) is 5.32 Å². The lowest BCUT2D eigenvalue weighted by molar-refractivity contribution is 0.103. The summed E-state index contributed by atoms with van der Waals surface area (Å²) in [7, 11) is 0. The molecule has 132 valence electrons. The van der Waals surface area contributed by atoms with Crippen molar-refractivity contribution in [2.45, 2.75) is 5.92 Å². The van der Waals surface area contributed by atoms with E-state index in [1.54, 1.807) is 12.4 Å². The monoisotopic (exact) mass is 360 g/mol. The van der Waals surface area contributed by atoms with Gasteiger partial charge in [-0.2, -0.15) is 0 Å². The van der Waals surface area contributed by atoms with Gasteiger partial charge in [-0.1, -0.05) is 54.6 Å². The molecule has 1 N–H and O–H groups in total. The van der Waals surface area contributed by atoms with Crippen molar-refractivity contribution in [2.24, 2.45) is 0 Å². The van der Waals surface area contributed by atoms with Gasteiger partial charge in [0.15, 0.2) is 5.78 Å². The van der Waals surface area contributed by atoms with Gasteiger partial charge < -0.3 is 5.32 Å². The number of benzene rings is 3. The van der Waals surface area contributed by atoms with Crippen LogP contribution in [-0.2, 0) is 0 Å². The van der Waals surface area contributed by atoms with E-state index >= 15 is 0 Å². The highest BCUT2D eigenvalue weighted by Gasteiger charge is 2.40. The second-order valence-corrected chi connectivity index (χ2v) is 7.25. The first-order chi connectivity index (χ1) is 13.8. The van der Waals surface area contributed by atoms with Gasteiger partial charge in [0.05, 0.1) is 5.70 Å². The Bertz CT molecular complexity index is 1300. The maximum Gasteiger partial charge on any atom is 0.192 e. The van der Waals surface area contributed by atoms with Crippen LogP contribution in [0.2, 0.25) is 0 Å². The summed E-state index contributed by atoms with van der Waals surface area (Å²) in [5.41, 5.74) is 6.83. The van der Waals surface area contributed by atoms with E-state index in [1.807, 2.05) is 42.5 Å². The summed E-state index contributed by atoms with van der Waals surface area (Å²) in [5, 5.41) is 5.93. The topological polar surface area (TPSA) is 42.0 Å². The highest BCUT2D eigenvalue weighted by Crippen LogP contribution is 2.51. The van der Waals surface area contributed by atoms with Crippen LogP contribution in [0.3, 0.4) is 0 Å². The van der Waals surface area contributed by atoms with Crippen molar-refractivity contribution in [1.82, 2.24) is 4.98 Å². The van der Waals surface area contributed by atoms with Crippen molar-refractivity contribution in [1.29, 1.82) is 0 Å². The zero-order valence-corrected chi connectivity index (χ0v) is 15.0. The number of carbonyl (C=O) groups is 1. The third kappa shape index (κ3) is 1.99. The minimum absolute atomic E-state index is 0.110. The highest BCUT2D eigenvalue weighted by atomic mass is 16.1. The molecule has 4 aromatic rings. The summed E-state index contributed by atoms with van der Waals surface area (Å²) in [6.45, 7) is 0. The van der Waals surface area contributed by atoms with Crippen molar-refractivity contribution >= 4 is 27.9 Å². The number of nitrogens with zero attached hydrogens (tertiary/aromatic N) is 1. The molecule has 3 aromatic carbocycles. The summed E-state index contributed by atoms with van der Waals surface area (Å²) in [4.78, 5) is 17.6. The zero-order valence-electron chi connectivity index (χ0n) is 15.0. The maximum absolute atomic E-state index is 13.4. The van der Waals surface area contributed by atoms with Crippen molar-refractivity contribution in [3.05, 3.63) is 113 Å². The summed E-state index contributed by atoms with van der Waals surface area (Å²) in [6, 6.07) is 24.5. The third-order valence-electron chi connectivity index (χ3n) is 5.80. The van der Waals surface area contributed by atoms with Gasteiger partial charge in [0.2, 0.25) is 0 Å². The average Bonchev–Trinajstić information content (AvgIpc) is 3.05. The van der Waals surface area contributed by atoms with Crippen LogP contribution in [0, 0.1) is 0 Å².